The van der Waals surface area contributed by atoms with Gasteiger partial charge < -0.3 is 49.3 Å². The second-order valence-electron chi connectivity index (χ2n) is 18.2. The van der Waals surface area contributed by atoms with Crippen LogP contribution < -0.4 is 15.4 Å². The Labute approximate surface area is 364 Å². The molecule has 63 heavy (non-hydrogen) atoms. The number of piperidine rings is 1. The zero-order valence-electron chi connectivity index (χ0n) is 36.2. The van der Waals surface area contributed by atoms with E-state index in [0.717, 1.165) is 80.6 Å². The second-order valence-corrected chi connectivity index (χ2v) is 18.2. The number of nitrogens with one attached hydrogen (secondary N) is 4. The third-order valence-electron chi connectivity index (χ3n) is 14.1. The molecule has 2 aromatic heterocycles. The molecule has 3 aromatic carbocycles. The number of aromatic amines is 2. The highest BCUT2D eigenvalue weighted by Gasteiger charge is 2.57. The average Bonchev–Trinajstić information content (AvgIpc) is 3.73. The first-order valence-corrected chi connectivity index (χ1v) is 22.2. The fourth-order valence-electron chi connectivity index (χ4n) is 10.6. The second kappa shape index (κ2) is 16.2. The van der Waals surface area contributed by atoms with E-state index < -0.39 is 24.3 Å². The zero-order chi connectivity index (χ0) is 43.7. The highest BCUT2D eigenvalue weighted by Crippen LogP contribution is 2.56. The number of carbonyl (C=O) groups excluding carboxylic acids is 4. The van der Waals surface area contributed by atoms with Crippen LogP contribution in [0.1, 0.15) is 82.2 Å². The van der Waals surface area contributed by atoms with E-state index in [2.05, 4.69) is 57.0 Å². The number of hydrogen-bond donors (Lipinski definition) is 4. The third kappa shape index (κ3) is 7.31. The molecule has 6 heterocycles. The van der Waals surface area contributed by atoms with E-state index in [-0.39, 0.29) is 41.8 Å². The van der Waals surface area contributed by atoms with Gasteiger partial charge in [-0.05, 0) is 109 Å². The molecule has 0 radical (unpaired) electrons. The molecular weight excluding hydrogens is 805 g/mol. The van der Waals surface area contributed by atoms with Gasteiger partial charge in [-0.3, -0.25) is 9.59 Å². The summed E-state index contributed by atoms with van der Waals surface area (Å²) in [6.07, 6.45) is 4.60. The number of ether oxygens (including phenoxy) is 4. The van der Waals surface area contributed by atoms with Crippen molar-refractivity contribution in [1.29, 1.82) is 0 Å². The first-order valence-electron chi connectivity index (χ1n) is 22.2. The van der Waals surface area contributed by atoms with Gasteiger partial charge in [0.15, 0.2) is 0 Å². The molecule has 16 heteroatoms. The molecule has 4 aliphatic heterocycles. The van der Waals surface area contributed by atoms with Gasteiger partial charge in [0.05, 0.1) is 49.2 Å². The molecule has 330 valence electrons. The molecule has 10 rings (SSSR count). The molecule has 1 aliphatic carbocycles. The van der Waals surface area contributed by atoms with Crippen LogP contribution in [0.2, 0.25) is 0 Å². The maximum absolute atomic E-state index is 14.2. The van der Waals surface area contributed by atoms with Crippen molar-refractivity contribution in [3.8, 4) is 28.1 Å². The molecule has 1 unspecified atom stereocenters. The number of carbonyl (C=O) groups is 4. The van der Waals surface area contributed by atoms with Crippen LogP contribution in [-0.2, 0) is 30.4 Å². The molecule has 1 saturated carbocycles. The Kier molecular flexibility index (Phi) is 10.5. The van der Waals surface area contributed by atoms with Crippen molar-refractivity contribution in [2.45, 2.75) is 89.7 Å². The number of alkyl carbamates (subject to hydrolysis) is 2. The van der Waals surface area contributed by atoms with Gasteiger partial charge in [0.1, 0.15) is 36.1 Å². The van der Waals surface area contributed by atoms with E-state index >= 15 is 0 Å². The first kappa shape index (κ1) is 40.9. The zero-order valence-corrected chi connectivity index (χ0v) is 36.2. The quantitative estimate of drug-likeness (QED) is 0.123. The molecule has 5 aliphatic rings. The van der Waals surface area contributed by atoms with Crippen LogP contribution in [-0.4, -0.2) is 106 Å². The Morgan fingerprint density at radius 2 is 1.68 bits per heavy atom. The minimum absolute atomic E-state index is 0.0261. The van der Waals surface area contributed by atoms with E-state index in [1.807, 2.05) is 42.8 Å². The monoisotopic (exact) mass is 858 g/mol. The Hall–Kier alpha value is -6.16. The molecule has 0 bridgehead atoms. The van der Waals surface area contributed by atoms with Crippen LogP contribution in [0, 0.1) is 23.7 Å². The van der Waals surface area contributed by atoms with Crippen LogP contribution in [0.25, 0.3) is 44.2 Å². The number of methoxy groups -OCH3 is 2. The topological polar surface area (TPSA) is 193 Å². The van der Waals surface area contributed by atoms with Gasteiger partial charge in [-0.2, -0.15) is 0 Å². The number of amides is 4. The Morgan fingerprint density at radius 1 is 0.889 bits per heavy atom. The highest BCUT2D eigenvalue weighted by molar-refractivity contribution is 6.07. The fraction of sp³-hybridized carbons (Fsp3) is 0.489. The van der Waals surface area contributed by atoms with Crippen molar-refractivity contribution in [1.82, 2.24) is 40.4 Å². The molecule has 7 atom stereocenters. The van der Waals surface area contributed by atoms with Gasteiger partial charge in [-0.15, -0.1) is 0 Å². The maximum Gasteiger partial charge on any atom is 0.407 e. The van der Waals surface area contributed by atoms with Crippen LogP contribution in [0.3, 0.4) is 0 Å². The standard InChI is InChI=1S/C47H54N8O8/c1-23(2)38(52-46(58)60-4)45(57)55-24(3)6-11-36(55)42-49-34-10-8-26-17-33-30-9-7-27(16-29(30)22-63-37(33)19-31(26)40(34)51-42)35-20-48-43(50-35)41-32-18-28(32)21-54(41)44(56)39(53-47(59)61-5)25-12-14-62-15-13-25/h7-10,16-17,19-20,23-25,28,32,36,38-39,41H,6,11-15,18,21-22H2,1-5H3,(H,48,50)(H,49,51)(H,52,58)(H,53,59)/t24-,28+,32+,36-,38-,39-,41?/m0/s1. The summed E-state index contributed by atoms with van der Waals surface area (Å²) in [5.74, 6) is 2.57. The Morgan fingerprint density at radius 3 is 2.46 bits per heavy atom. The van der Waals surface area contributed by atoms with Crippen LogP contribution in [0.5, 0.6) is 5.75 Å². The summed E-state index contributed by atoms with van der Waals surface area (Å²) in [6.45, 7) is 7.99. The van der Waals surface area contributed by atoms with Gasteiger partial charge in [0.25, 0.3) is 0 Å². The lowest BCUT2D eigenvalue weighted by Crippen LogP contribution is -2.53. The minimum atomic E-state index is -0.726. The number of aromatic nitrogens is 4. The van der Waals surface area contributed by atoms with Gasteiger partial charge in [0, 0.05) is 36.8 Å². The van der Waals surface area contributed by atoms with Crippen molar-refractivity contribution in [2.75, 3.05) is 34.0 Å². The molecule has 4 fully saturated rings. The lowest BCUT2D eigenvalue weighted by atomic mass is 9.90. The summed E-state index contributed by atoms with van der Waals surface area (Å²) >= 11 is 0. The van der Waals surface area contributed by atoms with Gasteiger partial charge in [-0.1, -0.05) is 32.0 Å². The summed E-state index contributed by atoms with van der Waals surface area (Å²) in [5.41, 5.74) is 6.64. The van der Waals surface area contributed by atoms with Crippen molar-refractivity contribution in [3.63, 3.8) is 0 Å². The molecule has 3 saturated heterocycles. The number of rotatable bonds is 9. The molecule has 4 amide bonds. The largest absolute Gasteiger partial charge is 0.488 e. The van der Waals surface area contributed by atoms with Crippen molar-refractivity contribution in [2.24, 2.45) is 23.7 Å². The summed E-state index contributed by atoms with van der Waals surface area (Å²) < 4.78 is 21.8. The SMILES string of the molecule is COC(=O)N[C@H](C(=O)N1[C@@H](C)CC[C@H]1c1nc2c(ccc3cc4c(cc32)OCc2cc(-c3cnc(C5[C@@H]6C[C@@H]6CN5C(=O)[C@@H](NC(=O)OC)C5CCOCC5)[nH]3)ccc2-4)[nH]1)C(C)C. The van der Waals surface area contributed by atoms with E-state index in [4.69, 9.17) is 28.9 Å². The number of benzene rings is 3. The summed E-state index contributed by atoms with van der Waals surface area (Å²) in [4.78, 5) is 73.6. The van der Waals surface area contributed by atoms with Crippen LogP contribution >= 0.6 is 0 Å². The minimum Gasteiger partial charge on any atom is -0.488 e. The number of likely N-dealkylation sites (tertiary alicyclic amines) is 2. The number of fused-ring (bicyclic) bond motifs is 7. The number of nitrogens with zero attached hydrogens (tertiary/aromatic N) is 4. The fourth-order valence-corrected chi connectivity index (χ4v) is 10.6. The van der Waals surface area contributed by atoms with Crippen LogP contribution in [0.4, 0.5) is 9.59 Å². The highest BCUT2D eigenvalue weighted by atomic mass is 16.5. The average molecular weight is 859 g/mol. The lowest BCUT2D eigenvalue weighted by molar-refractivity contribution is -0.138. The first-order chi connectivity index (χ1) is 30.5. The molecule has 0 spiro atoms. The lowest BCUT2D eigenvalue weighted by Gasteiger charge is -2.35. The van der Waals surface area contributed by atoms with Crippen molar-refractivity contribution in [3.05, 3.63) is 65.9 Å². The summed E-state index contributed by atoms with van der Waals surface area (Å²) in [6, 6.07) is 12.8. The van der Waals surface area contributed by atoms with Gasteiger partial charge in [0.2, 0.25) is 11.8 Å². The van der Waals surface area contributed by atoms with Gasteiger partial charge >= 0.3 is 12.2 Å². The maximum atomic E-state index is 14.2. The van der Waals surface area contributed by atoms with Crippen LogP contribution in [0.15, 0.2) is 48.7 Å². The Bertz CT molecular complexity index is 2620. The van der Waals surface area contributed by atoms with Gasteiger partial charge in [-0.25, -0.2) is 19.6 Å². The number of imidazole rings is 2. The predicted octanol–water partition coefficient (Wildman–Crippen LogP) is 6.77. The summed E-state index contributed by atoms with van der Waals surface area (Å²) in [7, 11) is 2.61. The summed E-state index contributed by atoms with van der Waals surface area (Å²) in [5, 5.41) is 7.56. The van der Waals surface area contributed by atoms with E-state index in [1.165, 1.54) is 14.2 Å². The number of hydrogen-bond acceptors (Lipinski definition) is 10. The normalized spacial score (nSPS) is 23.7. The molecule has 4 N–H and O–H groups in total. The number of H-pyrrole nitrogens is 2. The third-order valence-corrected chi connectivity index (χ3v) is 14.1. The van der Waals surface area contributed by atoms with Crippen molar-refractivity contribution < 1.29 is 38.1 Å². The molecule has 16 nitrogen and oxygen atoms in total. The van der Waals surface area contributed by atoms with E-state index in [0.29, 0.717) is 56.9 Å². The predicted molar refractivity (Wildman–Crippen MR) is 232 cm³/mol. The van der Waals surface area contributed by atoms with E-state index in [9.17, 15) is 19.2 Å². The van der Waals surface area contributed by atoms with Crippen molar-refractivity contribution >= 4 is 45.8 Å². The van der Waals surface area contributed by atoms with E-state index in [1.54, 1.807) is 0 Å². The molecule has 5 aromatic rings. The Balaban J connectivity index is 0.898. The molecular formula is C47H54N8O8. The smallest absolute Gasteiger partial charge is 0.407 e.